The Morgan fingerprint density at radius 1 is 1.08 bits per heavy atom. The van der Waals surface area contributed by atoms with Crippen molar-refractivity contribution < 1.29 is 33.8 Å². The molecule has 51 heavy (non-hydrogen) atoms. The van der Waals surface area contributed by atoms with Gasteiger partial charge >= 0.3 is 11.9 Å². The number of ketones is 1. The number of amides is 2. The summed E-state index contributed by atoms with van der Waals surface area (Å²) in [6.07, 6.45) is 8.17. The Balaban J connectivity index is 1.49. The number of aliphatic carboxylic acids is 1. The second-order valence-corrected chi connectivity index (χ2v) is 15.7. The highest BCUT2D eigenvalue weighted by Gasteiger charge is 2.42. The number of aromatic nitrogens is 3. The second-order valence-electron chi connectivity index (χ2n) is 14.8. The summed E-state index contributed by atoms with van der Waals surface area (Å²) in [5.74, 6) is -2.38. The summed E-state index contributed by atoms with van der Waals surface area (Å²) < 4.78 is 5.76. The van der Waals surface area contributed by atoms with E-state index in [9.17, 15) is 29.1 Å². The van der Waals surface area contributed by atoms with Crippen LogP contribution in [-0.4, -0.2) is 98.2 Å². The lowest BCUT2D eigenvalue weighted by atomic mass is 9.88. The van der Waals surface area contributed by atoms with Crippen molar-refractivity contribution in [2.75, 3.05) is 20.6 Å². The van der Waals surface area contributed by atoms with Gasteiger partial charge < -0.3 is 20.1 Å². The number of carboxylic acids is 1. The number of thiazole rings is 1. The molecule has 0 radical (unpaired) electrons. The van der Waals surface area contributed by atoms with Gasteiger partial charge in [-0.3, -0.25) is 28.9 Å². The van der Waals surface area contributed by atoms with Crippen molar-refractivity contribution in [2.24, 2.45) is 23.7 Å². The van der Waals surface area contributed by atoms with E-state index in [1.54, 1.807) is 36.6 Å². The van der Waals surface area contributed by atoms with Gasteiger partial charge in [0.25, 0.3) is 5.91 Å². The van der Waals surface area contributed by atoms with E-state index >= 15 is 0 Å². The summed E-state index contributed by atoms with van der Waals surface area (Å²) in [4.78, 5) is 82.0. The van der Waals surface area contributed by atoms with E-state index in [0.29, 0.717) is 10.8 Å². The first-order valence-electron chi connectivity index (χ1n) is 18.1. The van der Waals surface area contributed by atoms with Crippen LogP contribution >= 0.6 is 11.3 Å². The van der Waals surface area contributed by atoms with Crippen molar-refractivity contribution in [2.45, 2.75) is 117 Å². The van der Waals surface area contributed by atoms with E-state index in [2.05, 4.69) is 25.2 Å². The molecule has 6 atom stereocenters. The Bertz CT molecular complexity index is 1530. The third-order valence-corrected chi connectivity index (χ3v) is 11.1. The lowest BCUT2D eigenvalue weighted by molar-refractivity contribution is -0.149. The molecule has 2 amide bonds. The molecule has 2 aromatic rings. The third-order valence-electron chi connectivity index (χ3n) is 10.1. The van der Waals surface area contributed by atoms with Gasteiger partial charge in [0.05, 0.1) is 12.0 Å². The van der Waals surface area contributed by atoms with Crippen LogP contribution in [0.1, 0.15) is 112 Å². The summed E-state index contributed by atoms with van der Waals surface area (Å²) in [7, 11) is 3.75. The van der Waals surface area contributed by atoms with Crippen molar-refractivity contribution in [3.63, 3.8) is 0 Å². The van der Waals surface area contributed by atoms with E-state index in [0.717, 1.165) is 44.2 Å². The maximum Gasteiger partial charge on any atom is 0.306 e. The van der Waals surface area contributed by atoms with Crippen LogP contribution in [0.2, 0.25) is 0 Å². The predicted octanol–water partition coefficient (Wildman–Crippen LogP) is 4.64. The quantitative estimate of drug-likeness (QED) is 0.205. The van der Waals surface area contributed by atoms with Gasteiger partial charge in [-0.15, -0.1) is 11.3 Å². The van der Waals surface area contributed by atoms with Crippen molar-refractivity contribution in [3.05, 3.63) is 39.9 Å². The number of nitrogens with one attached hydrogen (secondary N) is 1. The number of likely N-dealkylation sites (N-methyl/N-ethyl adjacent to an activating group) is 1. The van der Waals surface area contributed by atoms with Gasteiger partial charge in [0.2, 0.25) is 5.91 Å². The highest BCUT2D eigenvalue weighted by atomic mass is 32.1. The molecule has 0 unspecified atom stereocenters. The fourth-order valence-electron chi connectivity index (χ4n) is 6.98. The normalized spacial score (nSPS) is 19.4. The molecule has 280 valence electrons. The van der Waals surface area contributed by atoms with Gasteiger partial charge in [0, 0.05) is 69.0 Å². The molecule has 0 spiro atoms. The summed E-state index contributed by atoms with van der Waals surface area (Å²) in [5, 5.41) is 14.4. The van der Waals surface area contributed by atoms with E-state index in [-0.39, 0.29) is 72.9 Å². The number of Topliss-reactive ketones (excluding diaryl/α,β-unsaturated/α-hetero) is 1. The molecule has 1 saturated heterocycles. The Morgan fingerprint density at radius 3 is 2.35 bits per heavy atom. The molecule has 2 aromatic heterocycles. The van der Waals surface area contributed by atoms with Gasteiger partial charge in [0.1, 0.15) is 16.5 Å². The van der Waals surface area contributed by atoms with Crippen LogP contribution in [0.3, 0.4) is 0 Å². The van der Waals surface area contributed by atoms with Crippen LogP contribution in [0.4, 0.5) is 0 Å². The number of carbonyl (C=O) groups is 5. The van der Waals surface area contributed by atoms with Crippen LogP contribution in [0.25, 0.3) is 0 Å². The molecule has 4 rings (SSSR count). The largest absolute Gasteiger partial charge is 0.481 e. The Labute approximate surface area is 305 Å². The van der Waals surface area contributed by atoms with Crippen molar-refractivity contribution >= 4 is 40.9 Å². The summed E-state index contributed by atoms with van der Waals surface area (Å²) in [6.45, 7) is 9.65. The average molecular weight is 727 g/mol. The van der Waals surface area contributed by atoms with Crippen molar-refractivity contribution in [3.8, 4) is 0 Å². The predicted molar refractivity (Wildman–Crippen MR) is 192 cm³/mol. The molecule has 3 heterocycles. The summed E-state index contributed by atoms with van der Waals surface area (Å²) in [5.41, 5.74) is 0.988. The molecule has 1 aliphatic heterocycles. The number of hydrogen-bond acceptors (Lipinski definition) is 11. The average Bonchev–Trinajstić information content (AvgIpc) is 3.80. The Hall–Kier alpha value is -3.78. The number of likely N-dealkylation sites (tertiary alicyclic amines) is 1. The number of rotatable bonds is 18. The van der Waals surface area contributed by atoms with Gasteiger partial charge in [-0.2, -0.15) is 0 Å². The Morgan fingerprint density at radius 2 is 1.76 bits per heavy atom. The van der Waals surface area contributed by atoms with Gasteiger partial charge in [-0.25, -0.2) is 15.0 Å². The van der Waals surface area contributed by atoms with E-state index < -0.39 is 35.9 Å². The molecular weight excluding hydrogens is 673 g/mol. The number of aryl methyl sites for hydroxylation is 1. The molecule has 0 bridgehead atoms. The minimum Gasteiger partial charge on any atom is -0.481 e. The fraction of sp³-hybridized carbons (Fsp3) is 0.676. The highest BCUT2D eigenvalue weighted by molar-refractivity contribution is 7.09. The molecule has 1 aliphatic carbocycles. The number of ether oxygens (including phenoxy) is 1. The maximum atomic E-state index is 14.1. The number of carboxylic acid groups (broad SMARTS) is 1. The number of carbonyl (C=O) groups excluding carboxylic acids is 4. The van der Waals surface area contributed by atoms with Crippen LogP contribution < -0.4 is 5.32 Å². The van der Waals surface area contributed by atoms with E-state index in [1.807, 2.05) is 27.8 Å². The molecule has 13 nitrogen and oxygen atoms in total. The van der Waals surface area contributed by atoms with Crippen LogP contribution in [0.15, 0.2) is 17.8 Å². The zero-order valence-corrected chi connectivity index (χ0v) is 31.8. The number of nitrogens with zero attached hydrogens (tertiary/aromatic N) is 5. The second kappa shape index (κ2) is 18.1. The summed E-state index contributed by atoms with van der Waals surface area (Å²) in [6, 6.07) is -1.06. The highest BCUT2D eigenvalue weighted by Crippen LogP contribution is 2.41. The first-order valence-corrected chi connectivity index (χ1v) is 19.0. The lowest BCUT2D eigenvalue weighted by Gasteiger charge is -2.36. The minimum absolute atomic E-state index is 0.0132. The number of piperidine rings is 1. The zero-order valence-electron chi connectivity index (χ0n) is 31.0. The number of hydrogen-bond donors (Lipinski definition) is 2. The Kier molecular flexibility index (Phi) is 14.2. The fourth-order valence-corrected chi connectivity index (χ4v) is 7.81. The number of esters is 1. The van der Waals surface area contributed by atoms with Gasteiger partial charge in [-0.1, -0.05) is 27.2 Å². The molecule has 2 aliphatic rings. The van der Waals surface area contributed by atoms with Crippen LogP contribution in [0, 0.1) is 30.6 Å². The monoisotopic (exact) mass is 726 g/mol. The van der Waals surface area contributed by atoms with Crippen LogP contribution in [0.5, 0.6) is 0 Å². The van der Waals surface area contributed by atoms with Gasteiger partial charge in [0.15, 0.2) is 11.9 Å². The molecule has 2 N–H and O–H groups in total. The summed E-state index contributed by atoms with van der Waals surface area (Å²) >= 11 is 1.18. The van der Waals surface area contributed by atoms with E-state index in [4.69, 9.17) is 4.74 Å². The minimum atomic E-state index is -0.978. The molecule has 14 heteroatoms. The lowest BCUT2D eigenvalue weighted by Crippen LogP contribution is -2.47. The van der Waals surface area contributed by atoms with E-state index in [1.165, 1.54) is 18.3 Å². The third kappa shape index (κ3) is 11.4. The first-order chi connectivity index (χ1) is 24.1. The zero-order chi connectivity index (χ0) is 37.4. The maximum absolute atomic E-state index is 14.1. The topological polar surface area (TPSA) is 172 Å². The molecular formula is C37H54N6O7S. The van der Waals surface area contributed by atoms with Gasteiger partial charge in [-0.05, 0) is 70.0 Å². The SMILES string of the molecule is CC(=O)O[C@H](C[C@H](C(C)C)N(C)C(=O)[C@@H](CC(=O)[C@H]1CCCCN1C)C1CC1)c1nc(C(=O)N[C@@H](Cc2ncc(C)cn2)C[C@H](C)C(=O)O)cs1. The van der Waals surface area contributed by atoms with Crippen LogP contribution in [-0.2, 0) is 30.3 Å². The molecule has 1 saturated carbocycles. The standard InChI is InChI=1S/C37H54N6O7S/c1-21(2)30(43(7)36(47)27(25-11-12-25)16-31(45)29-10-8-9-13-42(29)6)17-32(50-24(5)44)35-41-28(20-51-35)34(46)40-26(14-23(4)37(48)49)15-33-38-18-22(3)19-39-33/h18-21,23,25-27,29-30,32H,8-17H2,1-7H3,(H,40,46)(H,48,49)/t23-,26+,27-,29+,30+,32+/m0/s1. The van der Waals surface area contributed by atoms with Crippen molar-refractivity contribution in [1.29, 1.82) is 0 Å². The smallest absolute Gasteiger partial charge is 0.306 e. The molecule has 2 fully saturated rings. The van der Waals surface area contributed by atoms with Crippen molar-refractivity contribution in [1.82, 2.24) is 30.1 Å². The first kappa shape index (κ1) is 40.0. The molecule has 0 aromatic carbocycles.